The first-order valence-electron chi connectivity index (χ1n) is 6.35. The average molecular weight is 332 g/mol. The molecule has 0 spiro atoms. The number of nitrogens with one attached hydrogen (secondary N) is 1. The molecule has 1 aromatic carbocycles. The molecule has 1 aromatic heterocycles. The largest absolute Gasteiger partial charge is 0.433 e. The third-order valence-electron chi connectivity index (χ3n) is 3.03. The summed E-state index contributed by atoms with van der Waals surface area (Å²) < 4.78 is 39.2. The number of carbonyl (C=O) groups is 1. The molecule has 22 heavy (non-hydrogen) atoms. The summed E-state index contributed by atoms with van der Waals surface area (Å²) in [4.78, 5) is 12.0. The Morgan fingerprint density at radius 2 is 2.05 bits per heavy atom. The van der Waals surface area contributed by atoms with E-state index in [0.29, 0.717) is 21.0 Å². The van der Waals surface area contributed by atoms with E-state index in [0.717, 1.165) is 6.07 Å². The molecule has 2 rings (SSSR count). The highest BCUT2D eigenvalue weighted by atomic mass is 35.5. The molecule has 0 bridgehead atoms. The minimum atomic E-state index is -4.56. The van der Waals surface area contributed by atoms with Crippen molar-refractivity contribution < 1.29 is 18.0 Å². The fourth-order valence-electron chi connectivity index (χ4n) is 1.96. The average Bonchev–Trinajstić information content (AvgIpc) is 2.76. The molecule has 2 aromatic rings. The van der Waals surface area contributed by atoms with Gasteiger partial charge in [0.1, 0.15) is 12.2 Å². The van der Waals surface area contributed by atoms with E-state index in [1.807, 2.05) is 0 Å². The highest BCUT2D eigenvalue weighted by molar-refractivity contribution is 6.31. The lowest BCUT2D eigenvalue weighted by Crippen LogP contribution is -2.24. The number of aryl methyl sites for hydroxylation is 1. The molecule has 0 aliphatic rings. The van der Waals surface area contributed by atoms with Gasteiger partial charge in [-0.1, -0.05) is 17.7 Å². The zero-order valence-electron chi connectivity index (χ0n) is 11.8. The van der Waals surface area contributed by atoms with Crippen molar-refractivity contribution >= 4 is 23.2 Å². The zero-order valence-corrected chi connectivity index (χ0v) is 12.6. The summed E-state index contributed by atoms with van der Waals surface area (Å²) >= 11 is 5.93. The van der Waals surface area contributed by atoms with Crippen molar-refractivity contribution in [2.45, 2.75) is 26.6 Å². The van der Waals surface area contributed by atoms with Gasteiger partial charge in [0, 0.05) is 10.7 Å². The number of hydrogen-bond donors (Lipinski definition) is 1. The molecule has 8 heteroatoms. The second kappa shape index (κ2) is 6.00. The zero-order chi connectivity index (χ0) is 16.5. The molecular formula is C14H13ClF3N3O. The fraction of sp³-hybridized carbons (Fsp3) is 0.286. The highest BCUT2D eigenvalue weighted by Gasteiger charge is 2.35. The molecule has 0 saturated carbocycles. The summed E-state index contributed by atoms with van der Waals surface area (Å²) in [5.74, 6) is -0.612. The van der Waals surface area contributed by atoms with Crippen LogP contribution in [0.15, 0.2) is 24.3 Å². The van der Waals surface area contributed by atoms with Gasteiger partial charge < -0.3 is 5.32 Å². The Kier molecular flexibility index (Phi) is 4.46. The van der Waals surface area contributed by atoms with Crippen molar-refractivity contribution in [3.8, 4) is 0 Å². The fourth-order valence-corrected chi connectivity index (χ4v) is 2.14. The van der Waals surface area contributed by atoms with Crippen molar-refractivity contribution in [2.24, 2.45) is 0 Å². The topological polar surface area (TPSA) is 46.9 Å². The number of amides is 1. The molecule has 0 radical (unpaired) electrons. The van der Waals surface area contributed by atoms with Gasteiger partial charge in [0.05, 0.1) is 5.69 Å². The maximum atomic E-state index is 12.8. The smallest absolute Gasteiger partial charge is 0.324 e. The van der Waals surface area contributed by atoms with Crippen LogP contribution in [0.3, 0.4) is 0 Å². The predicted octanol–water partition coefficient (Wildman–Crippen LogP) is 3.81. The van der Waals surface area contributed by atoms with Gasteiger partial charge in [-0.3, -0.25) is 9.48 Å². The number of halogens is 4. The third kappa shape index (κ3) is 3.59. The standard InChI is InChI=1S/C14H13ClF3N3O/c1-8-6-12(14(16,17)18)21(20-8)7-13(22)19-11-5-3-4-10(15)9(11)2/h3-6H,7H2,1-2H3,(H,19,22). The normalized spacial score (nSPS) is 11.5. The van der Waals surface area contributed by atoms with Crippen molar-refractivity contribution in [1.82, 2.24) is 9.78 Å². The van der Waals surface area contributed by atoms with Crippen LogP contribution in [0.4, 0.5) is 18.9 Å². The van der Waals surface area contributed by atoms with Crippen LogP contribution in [0.2, 0.25) is 5.02 Å². The van der Waals surface area contributed by atoms with E-state index in [1.54, 1.807) is 25.1 Å². The van der Waals surface area contributed by atoms with Gasteiger partial charge in [-0.15, -0.1) is 0 Å². The first-order chi connectivity index (χ1) is 10.2. The van der Waals surface area contributed by atoms with Crippen LogP contribution < -0.4 is 5.32 Å². The second-order valence-corrected chi connectivity index (χ2v) is 5.19. The van der Waals surface area contributed by atoms with E-state index in [-0.39, 0.29) is 5.69 Å². The Balaban J connectivity index is 2.18. The maximum absolute atomic E-state index is 12.8. The number of nitrogens with zero attached hydrogens (tertiary/aromatic N) is 2. The van der Waals surface area contributed by atoms with Gasteiger partial charge in [0.2, 0.25) is 5.91 Å². The number of rotatable bonds is 3. The van der Waals surface area contributed by atoms with Crippen LogP contribution in [0.5, 0.6) is 0 Å². The third-order valence-corrected chi connectivity index (χ3v) is 3.44. The summed E-state index contributed by atoms with van der Waals surface area (Å²) in [5, 5.41) is 6.71. The lowest BCUT2D eigenvalue weighted by atomic mass is 10.2. The van der Waals surface area contributed by atoms with E-state index in [2.05, 4.69) is 10.4 Å². The summed E-state index contributed by atoms with van der Waals surface area (Å²) in [5.41, 5.74) is 0.335. The van der Waals surface area contributed by atoms with Gasteiger partial charge in [0.25, 0.3) is 0 Å². The molecule has 0 aliphatic carbocycles. The second-order valence-electron chi connectivity index (χ2n) is 4.79. The molecule has 118 valence electrons. The summed E-state index contributed by atoms with van der Waals surface area (Å²) in [6.07, 6.45) is -4.56. The molecule has 0 aliphatic heterocycles. The van der Waals surface area contributed by atoms with Gasteiger partial charge in [-0.05, 0) is 37.6 Å². The molecule has 0 atom stereocenters. The first-order valence-corrected chi connectivity index (χ1v) is 6.73. The highest BCUT2D eigenvalue weighted by Crippen LogP contribution is 2.30. The molecule has 4 nitrogen and oxygen atoms in total. The van der Waals surface area contributed by atoms with Crippen LogP contribution in [-0.2, 0) is 17.5 Å². The summed E-state index contributed by atoms with van der Waals surface area (Å²) in [6, 6.07) is 5.82. The SMILES string of the molecule is Cc1cc(C(F)(F)F)n(CC(=O)Nc2cccc(Cl)c2C)n1. The Morgan fingerprint density at radius 3 is 2.68 bits per heavy atom. The Labute approximate surface area is 129 Å². The number of aromatic nitrogens is 2. The van der Waals surface area contributed by atoms with Crippen molar-refractivity contribution in [2.75, 3.05) is 5.32 Å². The molecule has 1 amide bonds. The predicted molar refractivity (Wildman–Crippen MR) is 76.8 cm³/mol. The van der Waals surface area contributed by atoms with Gasteiger partial charge in [-0.25, -0.2) is 0 Å². The summed E-state index contributed by atoms with van der Waals surface area (Å²) in [7, 11) is 0. The molecule has 1 heterocycles. The Bertz CT molecular complexity index is 710. The number of carbonyl (C=O) groups excluding carboxylic acids is 1. The number of hydrogen-bond acceptors (Lipinski definition) is 2. The van der Waals surface area contributed by atoms with E-state index < -0.39 is 24.3 Å². The summed E-state index contributed by atoms with van der Waals surface area (Å²) in [6.45, 7) is 2.61. The van der Waals surface area contributed by atoms with Crippen molar-refractivity contribution in [3.05, 3.63) is 46.2 Å². The van der Waals surface area contributed by atoms with Gasteiger partial charge in [-0.2, -0.15) is 18.3 Å². The molecular weight excluding hydrogens is 319 g/mol. The van der Waals surface area contributed by atoms with Crippen LogP contribution in [0.25, 0.3) is 0 Å². The Hall–Kier alpha value is -2.02. The van der Waals surface area contributed by atoms with E-state index >= 15 is 0 Å². The molecule has 0 fully saturated rings. The van der Waals surface area contributed by atoms with Gasteiger partial charge >= 0.3 is 6.18 Å². The van der Waals surface area contributed by atoms with Crippen LogP contribution in [0, 0.1) is 13.8 Å². The van der Waals surface area contributed by atoms with E-state index in [1.165, 1.54) is 6.92 Å². The molecule has 0 saturated heterocycles. The lowest BCUT2D eigenvalue weighted by molar-refractivity contribution is -0.144. The molecule has 0 unspecified atom stereocenters. The molecule has 1 N–H and O–H groups in total. The number of benzene rings is 1. The van der Waals surface area contributed by atoms with Crippen LogP contribution in [-0.4, -0.2) is 15.7 Å². The minimum absolute atomic E-state index is 0.194. The monoisotopic (exact) mass is 331 g/mol. The van der Waals surface area contributed by atoms with E-state index in [9.17, 15) is 18.0 Å². The first kappa shape index (κ1) is 16.4. The van der Waals surface area contributed by atoms with Crippen LogP contribution in [0.1, 0.15) is 17.0 Å². The van der Waals surface area contributed by atoms with Crippen LogP contribution >= 0.6 is 11.6 Å². The minimum Gasteiger partial charge on any atom is -0.324 e. The van der Waals surface area contributed by atoms with E-state index in [4.69, 9.17) is 11.6 Å². The Morgan fingerprint density at radius 1 is 1.36 bits per heavy atom. The number of alkyl halides is 3. The van der Waals surface area contributed by atoms with Crippen molar-refractivity contribution in [1.29, 1.82) is 0 Å². The maximum Gasteiger partial charge on any atom is 0.433 e. The number of anilines is 1. The van der Waals surface area contributed by atoms with Crippen molar-refractivity contribution in [3.63, 3.8) is 0 Å². The van der Waals surface area contributed by atoms with Gasteiger partial charge in [0.15, 0.2) is 0 Å². The lowest BCUT2D eigenvalue weighted by Gasteiger charge is -2.12. The quantitative estimate of drug-likeness (QED) is 0.929.